The van der Waals surface area contributed by atoms with Gasteiger partial charge < -0.3 is 19.4 Å². The van der Waals surface area contributed by atoms with Crippen molar-refractivity contribution >= 4 is 10.9 Å². The van der Waals surface area contributed by atoms with Gasteiger partial charge in [-0.05, 0) is 18.6 Å². The standard InChI is InChI=1S/C16H22N2O2/c1-12-14-5-3-4-6-15(14)18(2)16(12)10-17-9-13-11-19-7-8-20-13/h3-6,13,17H,7-11H2,1-2H3. The van der Waals surface area contributed by atoms with Crippen LogP contribution in [0, 0.1) is 6.92 Å². The maximum Gasteiger partial charge on any atom is 0.0933 e. The number of para-hydroxylation sites is 1. The molecule has 1 aliphatic heterocycles. The Labute approximate surface area is 119 Å². The molecule has 108 valence electrons. The van der Waals surface area contributed by atoms with Gasteiger partial charge in [0, 0.05) is 36.7 Å². The molecule has 1 saturated heterocycles. The highest BCUT2D eigenvalue weighted by molar-refractivity contribution is 5.85. The molecular weight excluding hydrogens is 252 g/mol. The van der Waals surface area contributed by atoms with Crippen molar-refractivity contribution in [1.82, 2.24) is 9.88 Å². The molecular formula is C16H22N2O2. The van der Waals surface area contributed by atoms with Crippen LogP contribution in [-0.4, -0.2) is 37.0 Å². The average Bonchev–Trinajstić information content (AvgIpc) is 2.74. The lowest BCUT2D eigenvalue weighted by Gasteiger charge is -2.23. The molecule has 4 nitrogen and oxygen atoms in total. The second kappa shape index (κ2) is 5.95. The smallest absolute Gasteiger partial charge is 0.0933 e. The van der Waals surface area contributed by atoms with E-state index in [1.165, 1.54) is 22.2 Å². The zero-order valence-electron chi connectivity index (χ0n) is 12.2. The van der Waals surface area contributed by atoms with Crippen LogP contribution in [0.5, 0.6) is 0 Å². The molecule has 4 heteroatoms. The predicted octanol–water partition coefficient (Wildman–Crippen LogP) is 1.99. The second-order valence-electron chi connectivity index (χ2n) is 5.35. The third-order valence-electron chi connectivity index (χ3n) is 4.06. The van der Waals surface area contributed by atoms with Gasteiger partial charge in [-0.15, -0.1) is 0 Å². The molecule has 20 heavy (non-hydrogen) atoms. The number of nitrogens with zero attached hydrogens (tertiary/aromatic N) is 1. The van der Waals surface area contributed by atoms with E-state index in [2.05, 4.69) is 48.1 Å². The SMILES string of the molecule is Cc1c(CNCC2COCCO2)n(C)c2ccccc12. The van der Waals surface area contributed by atoms with Crippen molar-refractivity contribution in [3.63, 3.8) is 0 Å². The topological polar surface area (TPSA) is 35.4 Å². The molecule has 1 fully saturated rings. The van der Waals surface area contributed by atoms with Gasteiger partial charge in [0.25, 0.3) is 0 Å². The van der Waals surface area contributed by atoms with Crippen LogP contribution in [0.3, 0.4) is 0 Å². The first kappa shape index (κ1) is 13.6. The molecule has 1 aromatic heterocycles. The fourth-order valence-corrected chi connectivity index (χ4v) is 2.89. The molecule has 0 saturated carbocycles. The first-order valence-corrected chi connectivity index (χ1v) is 7.20. The number of fused-ring (bicyclic) bond motifs is 1. The van der Waals surface area contributed by atoms with E-state index in [0.717, 1.165) is 19.7 Å². The summed E-state index contributed by atoms with van der Waals surface area (Å²) < 4.78 is 13.3. The Hall–Kier alpha value is -1.36. The fraction of sp³-hybridized carbons (Fsp3) is 0.500. The van der Waals surface area contributed by atoms with Gasteiger partial charge in [0.2, 0.25) is 0 Å². The summed E-state index contributed by atoms with van der Waals surface area (Å²) >= 11 is 0. The fourth-order valence-electron chi connectivity index (χ4n) is 2.89. The molecule has 0 amide bonds. The number of aromatic nitrogens is 1. The zero-order valence-corrected chi connectivity index (χ0v) is 12.2. The Balaban J connectivity index is 1.68. The monoisotopic (exact) mass is 274 g/mol. The van der Waals surface area contributed by atoms with Crippen LogP contribution in [0.15, 0.2) is 24.3 Å². The quantitative estimate of drug-likeness (QED) is 0.926. The van der Waals surface area contributed by atoms with Crippen molar-refractivity contribution in [1.29, 1.82) is 0 Å². The minimum atomic E-state index is 0.179. The number of benzene rings is 1. The van der Waals surface area contributed by atoms with E-state index < -0.39 is 0 Å². The highest BCUT2D eigenvalue weighted by atomic mass is 16.6. The molecule has 0 radical (unpaired) electrons. The Morgan fingerprint density at radius 1 is 1.30 bits per heavy atom. The van der Waals surface area contributed by atoms with Gasteiger partial charge in [-0.1, -0.05) is 18.2 Å². The Kier molecular flexibility index (Phi) is 4.05. The summed E-state index contributed by atoms with van der Waals surface area (Å²) in [5, 5.41) is 4.83. The van der Waals surface area contributed by atoms with Gasteiger partial charge in [0.1, 0.15) is 0 Å². The lowest BCUT2D eigenvalue weighted by atomic mass is 10.1. The minimum Gasteiger partial charge on any atom is -0.376 e. The molecule has 1 unspecified atom stereocenters. The third kappa shape index (κ3) is 2.59. The molecule has 1 aliphatic rings. The van der Waals surface area contributed by atoms with Crippen molar-refractivity contribution in [2.24, 2.45) is 7.05 Å². The number of hydrogen-bond acceptors (Lipinski definition) is 3. The molecule has 1 N–H and O–H groups in total. The Morgan fingerprint density at radius 2 is 2.15 bits per heavy atom. The Morgan fingerprint density at radius 3 is 2.90 bits per heavy atom. The number of aryl methyl sites for hydroxylation is 2. The molecule has 0 bridgehead atoms. The highest BCUT2D eigenvalue weighted by Crippen LogP contribution is 2.24. The lowest BCUT2D eigenvalue weighted by Crippen LogP contribution is -2.37. The summed E-state index contributed by atoms with van der Waals surface area (Å²) in [5.74, 6) is 0. The van der Waals surface area contributed by atoms with Gasteiger partial charge in [0.15, 0.2) is 0 Å². The molecule has 2 aromatic rings. The number of hydrogen-bond donors (Lipinski definition) is 1. The second-order valence-corrected chi connectivity index (χ2v) is 5.35. The minimum absolute atomic E-state index is 0.179. The molecule has 0 spiro atoms. The zero-order chi connectivity index (χ0) is 13.9. The van der Waals surface area contributed by atoms with Gasteiger partial charge in [-0.2, -0.15) is 0 Å². The van der Waals surface area contributed by atoms with E-state index in [1.54, 1.807) is 0 Å². The lowest BCUT2D eigenvalue weighted by molar-refractivity contribution is -0.0864. The van der Waals surface area contributed by atoms with E-state index in [1.807, 2.05) is 0 Å². The normalized spacial score (nSPS) is 19.6. The van der Waals surface area contributed by atoms with Crippen LogP contribution in [0.1, 0.15) is 11.3 Å². The van der Waals surface area contributed by atoms with E-state index in [-0.39, 0.29) is 6.10 Å². The van der Waals surface area contributed by atoms with Crippen molar-refractivity contribution in [3.8, 4) is 0 Å². The van der Waals surface area contributed by atoms with E-state index in [0.29, 0.717) is 13.2 Å². The summed E-state index contributed by atoms with van der Waals surface area (Å²) in [4.78, 5) is 0. The van der Waals surface area contributed by atoms with Gasteiger partial charge in [-0.25, -0.2) is 0 Å². The van der Waals surface area contributed by atoms with Crippen LogP contribution < -0.4 is 5.32 Å². The first-order valence-electron chi connectivity index (χ1n) is 7.20. The van der Waals surface area contributed by atoms with Gasteiger partial charge in [-0.3, -0.25) is 0 Å². The maximum absolute atomic E-state index is 5.64. The van der Waals surface area contributed by atoms with Crippen LogP contribution in [0.2, 0.25) is 0 Å². The summed E-state index contributed by atoms with van der Waals surface area (Å²) in [6.07, 6.45) is 0.179. The van der Waals surface area contributed by atoms with Crippen LogP contribution in [-0.2, 0) is 23.1 Å². The molecule has 2 heterocycles. The van der Waals surface area contributed by atoms with Gasteiger partial charge in [0.05, 0.1) is 25.9 Å². The summed E-state index contributed by atoms with van der Waals surface area (Å²) in [6.45, 7) is 6.01. The molecule has 1 atom stereocenters. The highest BCUT2D eigenvalue weighted by Gasteiger charge is 2.15. The summed E-state index contributed by atoms with van der Waals surface area (Å²) in [7, 11) is 2.13. The van der Waals surface area contributed by atoms with Crippen molar-refractivity contribution in [2.45, 2.75) is 19.6 Å². The average molecular weight is 274 g/mol. The van der Waals surface area contributed by atoms with E-state index >= 15 is 0 Å². The van der Waals surface area contributed by atoms with Crippen LogP contribution in [0.25, 0.3) is 10.9 Å². The largest absolute Gasteiger partial charge is 0.376 e. The summed E-state index contributed by atoms with van der Waals surface area (Å²) in [5.41, 5.74) is 3.98. The summed E-state index contributed by atoms with van der Waals surface area (Å²) in [6, 6.07) is 8.54. The third-order valence-corrected chi connectivity index (χ3v) is 4.06. The predicted molar refractivity (Wildman–Crippen MR) is 79.9 cm³/mol. The maximum atomic E-state index is 5.64. The van der Waals surface area contributed by atoms with Crippen LogP contribution >= 0.6 is 0 Å². The van der Waals surface area contributed by atoms with Crippen molar-refractivity contribution < 1.29 is 9.47 Å². The van der Waals surface area contributed by atoms with E-state index in [9.17, 15) is 0 Å². The Bertz CT molecular complexity index is 546. The molecule has 1 aromatic carbocycles. The van der Waals surface area contributed by atoms with Crippen molar-refractivity contribution in [3.05, 3.63) is 35.5 Å². The number of rotatable bonds is 4. The first-order chi connectivity index (χ1) is 9.77. The van der Waals surface area contributed by atoms with Crippen LogP contribution in [0.4, 0.5) is 0 Å². The van der Waals surface area contributed by atoms with Gasteiger partial charge >= 0.3 is 0 Å². The number of nitrogens with one attached hydrogen (secondary N) is 1. The van der Waals surface area contributed by atoms with E-state index in [4.69, 9.17) is 9.47 Å². The molecule has 3 rings (SSSR count). The number of ether oxygens (including phenoxy) is 2. The van der Waals surface area contributed by atoms with Crippen molar-refractivity contribution in [2.75, 3.05) is 26.4 Å². The molecule has 0 aliphatic carbocycles.